The molecule has 1 aromatic heterocycles. The molecule has 0 fully saturated rings. The number of methoxy groups -OCH3 is 1. The van der Waals surface area contributed by atoms with Gasteiger partial charge in [0.1, 0.15) is 5.75 Å². The highest BCUT2D eigenvalue weighted by Crippen LogP contribution is 2.30. The van der Waals surface area contributed by atoms with E-state index in [4.69, 9.17) is 4.74 Å². The SMILES string of the molecule is CN=C(NCc1cccc(OC)c1)NCc1cn(C)nc1C(F)(F)F. The normalized spacial score (nSPS) is 12.2. The lowest BCUT2D eigenvalue weighted by Gasteiger charge is -2.13. The Morgan fingerprint density at radius 2 is 2.00 bits per heavy atom. The van der Waals surface area contributed by atoms with Crippen molar-refractivity contribution in [2.45, 2.75) is 19.3 Å². The van der Waals surface area contributed by atoms with Crippen LogP contribution >= 0.6 is 0 Å². The van der Waals surface area contributed by atoms with E-state index in [1.807, 2.05) is 24.3 Å². The first-order valence-corrected chi connectivity index (χ1v) is 7.50. The van der Waals surface area contributed by atoms with E-state index in [9.17, 15) is 13.2 Å². The number of nitrogens with one attached hydrogen (secondary N) is 2. The lowest BCUT2D eigenvalue weighted by molar-refractivity contribution is -0.142. The number of benzene rings is 1. The fraction of sp³-hybridized carbons (Fsp3) is 0.375. The first-order valence-electron chi connectivity index (χ1n) is 7.50. The molecule has 1 heterocycles. The standard InChI is InChI=1S/C16H20F3N5O/c1-20-15(21-8-11-5-4-6-13(7-11)25-3)22-9-12-10-24(2)23-14(12)16(17,18)19/h4-7,10H,8-9H2,1-3H3,(H2,20,21,22). The monoisotopic (exact) mass is 355 g/mol. The van der Waals surface area contributed by atoms with E-state index in [2.05, 4.69) is 20.7 Å². The smallest absolute Gasteiger partial charge is 0.435 e. The molecule has 25 heavy (non-hydrogen) atoms. The van der Waals surface area contributed by atoms with Crippen LogP contribution in [0.2, 0.25) is 0 Å². The van der Waals surface area contributed by atoms with E-state index >= 15 is 0 Å². The van der Waals surface area contributed by atoms with E-state index in [0.717, 1.165) is 16.0 Å². The molecule has 0 atom stereocenters. The summed E-state index contributed by atoms with van der Waals surface area (Å²) in [4.78, 5) is 4.01. The molecule has 6 nitrogen and oxygen atoms in total. The Morgan fingerprint density at radius 1 is 1.28 bits per heavy atom. The van der Waals surface area contributed by atoms with Gasteiger partial charge >= 0.3 is 6.18 Å². The van der Waals surface area contributed by atoms with Crippen LogP contribution in [-0.4, -0.2) is 29.9 Å². The van der Waals surface area contributed by atoms with Crippen LogP contribution in [0.25, 0.3) is 0 Å². The highest BCUT2D eigenvalue weighted by molar-refractivity contribution is 5.79. The summed E-state index contributed by atoms with van der Waals surface area (Å²) in [5, 5.41) is 9.39. The van der Waals surface area contributed by atoms with Crippen molar-refractivity contribution in [2.24, 2.45) is 12.0 Å². The van der Waals surface area contributed by atoms with Crippen LogP contribution < -0.4 is 15.4 Å². The minimum Gasteiger partial charge on any atom is -0.497 e. The van der Waals surface area contributed by atoms with Gasteiger partial charge in [-0.2, -0.15) is 18.3 Å². The molecule has 0 bridgehead atoms. The highest BCUT2D eigenvalue weighted by Gasteiger charge is 2.36. The molecular formula is C16H20F3N5O. The van der Waals surface area contributed by atoms with Gasteiger partial charge in [-0.3, -0.25) is 9.67 Å². The second kappa shape index (κ2) is 7.91. The number of hydrogen-bond donors (Lipinski definition) is 2. The first-order chi connectivity index (χ1) is 11.8. The van der Waals surface area contributed by atoms with Crippen molar-refractivity contribution in [3.8, 4) is 5.75 Å². The van der Waals surface area contributed by atoms with Gasteiger partial charge in [0.2, 0.25) is 0 Å². The van der Waals surface area contributed by atoms with Gasteiger partial charge in [0.25, 0.3) is 0 Å². The fourth-order valence-corrected chi connectivity index (χ4v) is 2.27. The third kappa shape index (κ3) is 5.13. The van der Waals surface area contributed by atoms with Crippen LogP contribution in [0.5, 0.6) is 5.75 Å². The predicted octanol–water partition coefficient (Wildman–Crippen LogP) is 2.31. The molecule has 0 aliphatic rings. The lowest BCUT2D eigenvalue weighted by atomic mass is 10.2. The number of hydrogen-bond acceptors (Lipinski definition) is 3. The van der Waals surface area contributed by atoms with Crippen molar-refractivity contribution >= 4 is 5.96 Å². The van der Waals surface area contributed by atoms with Crippen molar-refractivity contribution in [1.82, 2.24) is 20.4 Å². The summed E-state index contributed by atoms with van der Waals surface area (Å²) in [6.07, 6.45) is -3.15. The zero-order valence-electron chi connectivity index (χ0n) is 14.2. The zero-order chi connectivity index (χ0) is 18.4. The summed E-state index contributed by atoms with van der Waals surface area (Å²) in [5.41, 5.74) is 0.115. The minimum atomic E-state index is -4.49. The number of aliphatic imine (C=N–C) groups is 1. The van der Waals surface area contributed by atoms with Crippen molar-refractivity contribution in [3.05, 3.63) is 47.3 Å². The summed E-state index contributed by atoms with van der Waals surface area (Å²) in [7, 11) is 4.59. The highest BCUT2D eigenvalue weighted by atomic mass is 19.4. The van der Waals surface area contributed by atoms with Gasteiger partial charge < -0.3 is 15.4 Å². The molecule has 136 valence electrons. The number of rotatable bonds is 5. The summed E-state index contributed by atoms with van der Waals surface area (Å²) in [6, 6.07) is 7.46. The maximum absolute atomic E-state index is 12.9. The topological polar surface area (TPSA) is 63.5 Å². The number of alkyl halides is 3. The molecule has 9 heteroatoms. The van der Waals surface area contributed by atoms with Gasteiger partial charge in [-0.1, -0.05) is 12.1 Å². The molecule has 1 aromatic carbocycles. The third-order valence-electron chi connectivity index (χ3n) is 3.44. The van der Waals surface area contributed by atoms with Crippen molar-refractivity contribution < 1.29 is 17.9 Å². The second-order valence-electron chi connectivity index (χ2n) is 5.31. The van der Waals surface area contributed by atoms with Gasteiger partial charge in [-0.05, 0) is 17.7 Å². The van der Waals surface area contributed by atoms with Crippen LogP contribution in [0.1, 0.15) is 16.8 Å². The first kappa shape index (κ1) is 18.6. The quantitative estimate of drug-likeness (QED) is 0.638. The number of aromatic nitrogens is 2. The maximum atomic E-state index is 12.9. The summed E-state index contributed by atoms with van der Waals surface area (Å²) in [5.74, 6) is 1.12. The number of nitrogens with zero attached hydrogens (tertiary/aromatic N) is 3. The molecule has 0 unspecified atom stereocenters. The number of aryl methyl sites for hydroxylation is 1. The van der Waals surface area contributed by atoms with Crippen LogP contribution in [0, 0.1) is 0 Å². The van der Waals surface area contributed by atoms with E-state index in [-0.39, 0.29) is 12.1 Å². The Morgan fingerprint density at radius 3 is 2.64 bits per heavy atom. The van der Waals surface area contributed by atoms with Crippen LogP contribution in [0.3, 0.4) is 0 Å². The largest absolute Gasteiger partial charge is 0.497 e. The maximum Gasteiger partial charge on any atom is 0.435 e. The van der Waals surface area contributed by atoms with Crippen molar-refractivity contribution in [2.75, 3.05) is 14.2 Å². The third-order valence-corrected chi connectivity index (χ3v) is 3.44. The Labute approximate surface area is 143 Å². The van der Waals surface area contributed by atoms with Gasteiger partial charge in [0, 0.05) is 38.9 Å². The predicted molar refractivity (Wildman–Crippen MR) is 88.2 cm³/mol. The van der Waals surface area contributed by atoms with Gasteiger partial charge in [-0.15, -0.1) is 0 Å². The van der Waals surface area contributed by atoms with Crippen LogP contribution in [-0.2, 0) is 26.3 Å². The molecular weight excluding hydrogens is 335 g/mol. The molecule has 2 aromatic rings. The summed E-state index contributed by atoms with van der Waals surface area (Å²) in [6.45, 7) is 0.413. The molecule has 0 aliphatic carbocycles. The van der Waals surface area contributed by atoms with Crippen LogP contribution in [0.15, 0.2) is 35.5 Å². The molecule has 0 aliphatic heterocycles. The van der Waals surface area contributed by atoms with Gasteiger partial charge in [0.05, 0.1) is 7.11 Å². The van der Waals surface area contributed by atoms with Crippen molar-refractivity contribution in [1.29, 1.82) is 0 Å². The Bertz CT molecular complexity index is 740. The number of guanidine groups is 1. The minimum absolute atomic E-state index is 0.0412. The Hall–Kier alpha value is -2.71. The molecule has 0 spiro atoms. The molecule has 2 rings (SSSR count). The average molecular weight is 355 g/mol. The molecule has 0 saturated carbocycles. The van der Waals surface area contributed by atoms with Crippen molar-refractivity contribution in [3.63, 3.8) is 0 Å². The molecule has 2 N–H and O–H groups in total. The zero-order valence-corrected chi connectivity index (χ0v) is 14.2. The van der Waals surface area contributed by atoms with E-state index in [0.29, 0.717) is 12.5 Å². The molecule has 0 amide bonds. The fourth-order valence-electron chi connectivity index (χ4n) is 2.27. The molecule has 0 radical (unpaired) electrons. The van der Waals surface area contributed by atoms with E-state index < -0.39 is 11.9 Å². The van der Waals surface area contributed by atoms with Crippen LogP contribution in [0.4, 0.5) is 13.2 Å². The Balaban J connectivity index is 1.97. The van der Waals surface area contributed by atoms with Gasteiger partial charge in [-0.25, -0.2) is 0 Å². The van der Waals surface area contributed by atoms with Gasteiger partial charge in [0.15, 0.2) is 11.7 Å². The number of halogens is 3. The van der Waals surface area contributed by atoms with E-state index in [1.165, 1.54) is 13.2 Å². The number of ether oxygens (including phenoxy) is 1. The summed E-state index contributed by atoms with van der Waals surface area (Å²) < 4.78 is 45.1. The lowest BCUT2D eigenvalue weighted by Crippen LogP contribution is -2.36. The van der Waals surface area contributed by atoms with E-state index in [1.54, 1.807) is 14.2 Å². The second-order valence-corrected chi connectivity index (χ2v) is 5.31. The molecule has 0 saturated heterocycles. The average Bonchev–Trinajstić information content (AvgIpc) is 2.96. The Kier molecular flexibility index (Phi) is 5.89. The summed E-state index contributed by atoms with van der Waals surface area (Å²) >= 11 is 0.